The first-order valence-corrected chi connectivity index (χ1v) is 49.3. The number of fused-ring (bicyclic) bond motifs is 4. The molecule has 11 aromatic carbocycles. The number of nitrogen functional groups attached to an aromatic ring is 1. The number of methoxy groups -OCH3 is 4. The Bertz CT molecular complexity index is 8220. The highest BCUT2D eigenvalue weighted by molar-refractivity contribution is 9.11. The van der Waals surface area contributed by atoms with E-state index in [4.69, 9.17) is 75.6 Å². The summed E-state index contributed by atoms with van der Waals surface area (Å²) in [5.41, 5.74) is 5.61. The van der Waals surface area contributed by atoms with Gasteiger partial charge in [0.05, 0.1) is 104 Å². The van der Waals surface area contributed by atoms with E-state index >= 15 is 0 Å². The van der Waals surface area contributed by atoms with E-state index in [1.807, 2.05) is 0 Å². The molecule has 28 nitrogen and oxygen atoms in total. The minimum absolute atomic E-state index is 0. The van der Waals surface area contributed by atoms with Crippen molar-refractivity contribution in [1.82, 2.24) is 28.6 Å². The number of nitrogens with two attached hydrogens (primary N) is 1. The van der Waals surface area contributed by atoms with Crippen LogP contribution in [0.25, 0.3) is 66.4 Å². The number of anilines is 1. The first kappa shape index (κ1) is 117. The zero-order chi connectivity index (χ0) is 105. The van der Waals surface area contributed by atoms with Crippen molar-refractivity contribution in [1.29, 1.82) is 0 Å². The third kappa shape index (κ3) is 24.2. The van der Waals surface area contributed by atoms with Gasteiger partial charge in [-0.2, -0.15) is 71.4 Å². The van der Waals surface area contributed by atoms with Crippen LogP contribution in [0.2, 0.25) is 20.1 Å². The van der Waals surface area contributed by atoms with E-state index in [0.717, 1.165) is 54.6 Å². The zero-order valence-corrected chi connectivity index (χ0v) is 88.2. The van der Waals surface area contributed by atoms with Crippen LogP contribution >= 0.6 is 130 Å². The third-order valence-electron chi connectivity index (χ3n) is 19.9. The van der Waals surface area contributed by atoms with Crippen molar-refractivity contribution in [3.63, 3.8) is 0 Å². The van der Waals surface area contributed by atoms with Gasteiger partial charge in [0.15, 0.2) is 15.7 Å². The summed E-state index contributed by atoms with van der Waals surface area (Å²) < 4.78 is 356. The van der Waals surface area contributed by atoms with E-state index in [-0.39, 0.29) is 126 Å². The van der Waals surface area contributed by atoms with Crippen LogP contribution in [0.15, 0.2) is 260 Å². The van der Waals surface area contributed by atoms with Crippen LogP contribution in [-0.4, -0.2) is 90.7 Å². The van der Waals surface area contributed by atoms with Crippen LogP contribution in [0.3, 0.4) is 0 Å². The van der Waals surface area contributed by atoms with Gasteiger partial charge >= 0.3 is 30.4 Å². The van der Waals surface area contributed by atoms with Gasteiger partial charge in [-0.1, -0.05) is 64.1 Å². The number of ether oxygens (including phenoxy) is 4. The van der Waals surface area contributed by atoms with E-state index in [1.54, 1.807) is 30.3 Å². The second-order valence-corrected chi connectivity index (χ2v) is 40.3. The molecular formula is C90H58Br4Cl4F15N7O21P2S4. The molecule has 0 radical (unpaired) electrons. The Morgan fingerprint density at radius 2 is 0.537 bits per heavy atom. The minimum atomic E-state index is -5.08. The second-order valence-electron chi connectivity index (χ2n) is 28.6. The topological polar surface area (TPSA) is 367 Å². The first-order chi connectivity index (χ1) is 67.8. The van der Waals surface area contributed by atoms with E-state index in [2.05, 4.69) is 91.1 Å². The number of aromatic nitrogens is 6. The fourth-order valence-corrected chi connectivity index (χ4v) is 19.3. The molecule has 0 spiro atoms. The summed E-state index contributed by atoms with van der Waals surface area (Å²) >= 11 is 37.8. The van der Waals surface area contributed by atoms with Crippen LogP contribution < -0.4 is 59.5 Å². The summed E-state index contributed by atoms with van der Waals surface area (Å²) in [6.45, 7) is 0. The van der Waals surface area contributed by atoms with Crippen molar-refractivity contribution in [2.75, 3.05) is 34.2 Å². The molecule has 0 bridgehead atoms. The van der Waals surface area contributed by atoms with Gasteiger partial charge in [0.2, 0.25) is 105 Å². The van der Waals surface area contributed by atoms with Crippen LogP contribution in [0.5, 0.6) is 40.2 Å². The lowest BCUT2D eigenvalue weighted by atomic mass is 10.2. The standard InChI is InChI=1S/3C22H10BrClF5NO5S.C20H14BrClN2O5S.C3H4N2O.CH4.2H3P/c3*1-34-15-7-11(23)12(24)8-14(15)30-13-4-3-10(6-9(13)2-5-16(30)31)36(32,33)35-22-20(28)18(26)17(25)19(27)21(22)29;1-28-19-9-15(21)16(22)10-18(19)24-17-4-3-14(8-12(17)2-5-20(24)25)30(26,27)11-13-6-7-29-23-13;4-3-1-2-6-5-3;;;/h3*2-8H,1H3;2-10H,11H2,1H3;1-2H,(H2,4,5);1H4;2*1H3. The van der Waals surface area contributed by atoms with Crippen LogP contribution in [0, 0.1) is 87.3 Å². The minimum Gasteiger partial charge on any atom is -0.495 e. The molecule has 6 aromatic heterocycles. The van der Waals surface area contributed by atoms with Gasteiger partial charge in [-0.25, -0.2) is 47.9 Å². The molecule has 2 unspecified atom stereocenters. The summed E-state index contributed by atoms with van der Waals surface area (Å²) in [6.07, 6.45) is 2.75. The number of rotatable bonds is 20. The van der Waals surface area contributed by atoms with Gasteiger partial charge in [0.25, 0.3) is 22.2 Å². The Kier molecular flexibility index (Phi) is 37.4. The highest BCUT2D eigenvalue weighted by Gasteiger charge is 2.36. The molecule has 0 aliphatic rings. The van der Waals surface area contributed by atoms with Gasteiger partial charge < -0.3 is 46.3 Å². The summed E-state index contributed by atoms with van der Waals surface area (Å²) in [5, 5.41) is 9.08. The molecule has 57 heteroatoms. The molecule has 2 N–H and O–H groups in total. The van der Waals surface area contributed by atoms with Crippen LogP contribution in [-0.2, 0) is 45.9 Å². The van der Waals surface area contributed by atoms with E-state index in [1.165, 1.54) is 156 Å². The Morgan fingerprint density at radius 3 is 0.748 bits per heavy atom. The molecule has 17 rings (SSSR count). The molecule has 0 aliphatic carbocycles. The average molecular weight is 2510 g/mol. The largest absolute Gasteiger partial charge is 0.495 e. The summed E-state index contributed by atoms with van der Waals surface area (Å²) in [5.74, 6) is -41.0. The number of pyridine rings is 4. The number of nitrogens with zero attached hydrogens (tertiary/aromatic N) is 6. The zero-order valence-electron chi connectivity index (χ0n) is 72.8. The molecule has 0 aliphatic heterocycles. The fourth-order valence-electron chi connectivity index (χ4n) is 13.2. The van der Waals surface area contributed by atoms with E-state index in [9.17, 15) is 119 Å². The molecule has 17 aromatic rings. The highest BCUT2D eigenvalue weighted by Crippen LogP contribution is 2.43. The summed E-state index contributed by atoms with van der Waals surface area (Å²) in [7, 11) is -13.3. The summed E-state index contributed by atoms with van der Waals surface area (Å²) in [6, 6.07) is 39.1. The lowest BCUT2D eigenvalue weighted by Gasteiger charge is -2.16. The third-order valence-corrected chi connectivity index (χ3v) is 30.0. The van der Waals surface area contributed by atoms with Gasteiger partial charge in [-0.3, -0.25) is 37.4 Å². The van der Waals surface area contributed by atoms with Crippen molar-refractivity contribution < 1.29 is 140 Å². The van der Waals surface area contributed by atoms with Crippen molar-refractivity contribution in [3.8, 4) is 63.0 Å². The monoisotopic (exact) mass is 2500 g/mol. The molecule has 2 atom stereocenters. The molecular weight excluding hydrogens is 2450 g/mol. The van der Waals surface area contributed by atoms with Gasteiger partial charge in [0.1, 0.15) is 56.0 Å². The van der Waals surface area contributed by atoms with Crippen molar-refractivity contribution in [3.05, 3.63) is 367 Å². The molecule has 774 valence electrons. The number of hydrogen-bond donors (Lipinski definition) is 1. The molecule has 0 saturated carbocycles. The van der Waals surface area contributed by atoms with Crippen LogP contribution in [0.1, 0.15) is 13.1 Å². The Morgan fingerprint density at radius 1 is 0.313 bits per heavy atom. The second kappa shape index (κ2) is 47.1. The molecule has 147 heavy (non-hydrogen) atoms. The molecule has 0 fully saturated rings. The summed E-state index contributed by atoms with van der Waals surface area (Å²) in [4.78, 5) is 48.9. The van der Waals surface area contributed by atoms with Crippen molar-refractivity contribution >= 4 is 220 Å². The number of halogens is 23. The SMILES string of the molecule is C.COc1cc(Br)c(Cl)cc1-n1c(=O)ccc2cc(S(=O)(=O)Cc3ccon3)ccc21.COc1cc(Br)c(Cl)cc1-n1c(=O)ccc2cc(S(=O)(=O)Oc3c(F)c(F)c(F)c(F)c3F)ccc21.COc1cc(Br)c(Cl)cc1-n1c(=O)ccc2cc(S(=O)(=O)Oc3c(F)c(F)c(F)c(F)c3F)ccc21.COc1cc(Br)c(Cl)cc1-n1c(=O)ccc2cc(S(=O)(=O)Oc3c(F)c(F)c(F)c(F)c3F)ccc21.Nc1ccon1.P.P. The maximum atomic E-state index is 13.9. The Balaban J connectivity index is 0.000000196. The Hall–Kier alpha value is -12.2. The number of hydrogen-bond acceptors (Lipinski definition) is 24. The Labute approximate surface area is 877 Å². The highest BCUT2D eigenvalue weighted by atomic mass is 79.9. The lowest BCUT2D eigenvalue weighted by Crippen LogP contribution is -2.19. The van der Waals surface area contributed by atoms with E-state index < -0.39 is 176 Å². The quantitative estimate of drug-likeness (QED) is 0.0243. The average Bonchev–Trinajstić information content (AvgIpc) is 1.56. The maximum Gasteiger partial charge on any atom is 0.339 e. The van der Waals surface area contributed by atoms with Gasteiger partial charge in [-0.15, -0.1) is 0 Å². The number of benzene rings is 11. The first-order valence-electron chi connectivity index (χ1n) is 38.7. The number of sulfone groups is 1. The molecule has 0 amide bonds. The molecule has 6 heterocycles. The fraction of sp³-hybridized carbons (Fsp3) is 0.0667. The molecule has 0 saturated heterocycles. The van der Waals surface area contributed by atoms with Crippen molar-refractivity contribution in [2.45, 2.75) is 32.8 Å². The predicted molar refractivity (Wildman–Crippen MR) is 535 cm³/mol. The predicted octanol–water partition coefficient (Wildman–Crippen LogP) is 23.0. The lowest BCUT2D eigenvalue weighted by molar-refractivity contribution is 0.346. The maximum absolute atomic E-state index is 13.9. The van der Waals surface area contributed by atoms with Gasteiger partial charge in [0, 0.05) is 75.8 Å². The van der Waals surface area contributed by atoms with Crippen molar-refractivity contribution in [2.24, 2.45) is 0 Å². The van der Waals surface area contributed by atoms with Crippen LogP contribution in [0.4, 0.5) is 71.7 Å². The van der Waals surface area contributed by atoms with E-state index in [0.29, 0.717) is 56.8 Å². The normalized spacial score (nSPS) is 11.3. The van der Waals surface area contributed by atoms with Gasteiger partial charge in [-0.05, 0) is 209 Å². The smallest absolute Gasteiger partial charge is 0.339 e.